The van der Waals surface area contributed by atoms with Gasteiger partial charge in [-0.2, -0.15) is 18.3 Å². The Hall–Kier alpha value is -2.12. The summed E-state index contributed by atoms with van der Waals surface area (Å²) in [4.78, 5) is 9.63. The van der Waals surface area contributed by atoms with Crippen LogP contribution in [0.4, 0.5) is 19.1 Å². The van der Waals surface area contributed by atoms with Crippen molar-refractivity contribution in [3.05, 3.63) is 24.2 Å². The lowest BCUT2D eigenvalue weighted by Crippen LogP contribution is -2.38. The highest BCUT2D eigenvalue weighted by molar-refractivity contribution is 5.59. The summed E-state index contributed by atoms with van der Waals surface area (Å²) in [6.45, 7) is 3.93. The first-order valence-electron chi connectivity index (χ1n) is 6.71. The van der Waals surface area contributed by atoms with Crippen LogP contribution < -0.4 is 4.90 Å². The van der Waals surface area contributed by atoms with Gasteiger partial charge in [0.2, 0.25) is 5.95 Å². The SMILES string of the molecule is CCn1cc(-c2cc(C(F)(F)F)nc(N3CCC3)n2)cn1. The topological polar surface area (TPSA) is 46.8 Å². The molecule has 3 heterocycles. The van der Waals surface area contributed by atoms with Gasteiger partial charge in [-0.25, -0.2) is 9.97 Å². The van der Waals surface area contributed by atoms with E-state index in [4.69, 9.17) is 0 Å². The third kappa shape index (κ3) is 2.70. The van der Waals surface area contributed by atoms with Crippen molar-refractivity contribution in [2.24, 2.45) is 0 Å². The summed E-state index contributed by atoms with van der Waals surface area (Å²) in [6, 6.07) is 0.973. The molecule has 0 bridgehead atoms. The summed E-state index contributed by atoms with van der Waals surface area (Å²) in [5.41, 5.74) is -0.107. The van der Waals surface area contributed by atoms with Gasteiger partial charge in [-0.05, 0) is 19.4 Å². The van der Waals surface area contributed by atoms with Gasteiger partial charge in [0.1, 0.15) is 0 Å². The van der Waals surface area contributed by atoms with Crippen LogP contribution in [-0.2, 0) is 12.7 Å². The van der Waals surface area contributed by atoms with Crippen LogP contribution in [0.25, 0.3) is 11.3 Å². The number of hydrogen-bond acceptors (Lipinski definition) is 4. The normalized spacial score (nSPS) is 15.1. The molecule has 3 rings (SSSR count). The highest BCUT2D eigenvalue weighted by Crippen LogP contribution is 2.32. The number of alkyl halides is 3. The summed E-state index contributed by atoms with van der Waals surface area (Å²) < 4.78 is 40.6. The zero-order valence-electron chi connectivity index (χ0n) is 11.4. The van der Waals surface area contributed by atoms with E-state index in [2.05, 4.69) is 15.1 Å². The predicted molar refractivity (Wildman–Crippen MR) is 70.8 cm³/mol. The molecule has 0 spiro atoms. The van der Waals surface area contributed by atoms with Crippen LogP contribution in [0.1, 0.15) is 19.0 Å². The van der Waals surface area contributed by atoms with E-state index in [1.807, 2.05) is 6.92 Å². The molecule has 21 heavy (non-hydrogen) atoms. The molecule has 112 valence electrons. The van der Waals surface area contributed by atoms with Crippen molar-refractivity contribution in [3.8, 4) is 11.3 Å². The number of halogens is 3. The third-order valence-electron chi connectivity index (χ3n) is 3.40. The van der Waals surface area contributed by atoms with Crippen molar-refractivity contribution in [1.29, 1.82) is 0 Å². The van der Waals surface area contributed by atoms with Gasteiger partial charge in [0.25, 0.3) is 0 Å². The highest BCUT2D eigenvalue weighted by Gasteiger charge is 2.35. The Morgan fingerprint density at radius 2 is 2.00 bits per heavy atom. The first-order valence-corrected chi connectivity index (χ1v) is 6.71. The Balaban J connectivity index is 2.05. The molecule has 1 aliphatic rings. The predicted octanol–water partition coefficient (Wildman–Crippen LogP) is 2.59. The molecule has 0 aliphatic carbocycles. The third-order valence-corrected chi connectivity index (χ3v) is 3.40. The van der Waals surface area contributed by atoms with Crippen LogP contribution >= 0.6 is 0 Å². The molecule has 1 aliphatic heterocycles. The van der Waals surface area contributed by atoms with Gasteiger partial charge in [-0.15, -0.1) is 0 Å². The maximum atomic E-state index is 13.0. The number of nitrogens with zero attached hydrogens (tertiary/aromatic N) is 5. The lowest BCUT2D eigenvalue weighted by Gasteiger charge is -2.31. The second-order valence-corrected chi connectivity index (χ2v) is 4.86. The van der Waals surface area contributed by atoms with Crippen LogP contribution in [0, 0.1) is 0 Å². The number of aromatic nitrogens is 4. The van der Waals surface area contributed by atoms with E-state index in [9.17, 15) is 13.2 Å². The summed E-state index contributed by atoms with van der Waals surface area (Å²) in [5, 5.41) is 4.07. The monoisotopic (exact) mass is 297 g/mol. The zero-order valence-corrected chi connectivity index (χ0v) is 11.4. The van der Waals surface area contributed by atoms with Crippen molar-refractivity contribution in [2.75, 3.05) is 18.0 Å². The van der Waals surface area contributed by atoms with Crippen LogP contribution in [-0.4, -0.2) is 32.8 Å². The van der Waals surface area contributed by atoms with Gasteiger partial charge < -0.3 is 4.90 Å². The minimum absolute atomic E-state index is 0.135. The molecule has 0 aromatic carbocycles. The van der Waals surface area contributed by atoms with Crippen molar-refractivity contribution in [2.45, 2.75) is 26.1 Å². The largest absolute Gasteiger partial charge is 0.433 e. The zero-order chi connectivity index (χ0) is 15.0. The van der Waals surface area contributed by atoms with Crippen LogP contribution in [0.2, 0.25) is 0 Å². The van der Waals surface area contributed by atoms with Gasteiger partial charge in [0.05, 0.1) is 11.9 Å². The fraction of sp³-hybridized carbons (Fsp3) is 0.462. The molecule has 0 unspecified atom stereocenters. The van der Waals surface area contributed by atoms with Crippen molar-refractivity contribution in [3.63, 3.8) is 0 Å². The van der Waals surface area contributed by atoms with E-state index in [1.54, 1.807) is 15.8 Å². The molecule has 5 nitrogen and oxygen atoms in total. The van der Waals surface area contributed by atoms with Gasteiger partial charge >= 0.3 is 6.18 Å². The molecule has 0 saturated carbocycles. The number of hydrogen-bond donors (Lipinski definition) is 0. The maximum Gasteiger partial charge on any atom is 0.433 e. The fourth-order valence-corrected chi connectivity index (χ4v) is 2.05. The second kappa shape index (κ2) is 5.01. The van der Waals surface area contributed by atoms with Crippen molar-refractivity contribution < 1.29 is 13.2 Å². The Morgan fingerprint density at radius 1 is 1.24 bits per heavy atom. The summed E-state index contributed by atoms with van der Waals surface area (Å²) in [6.07, 6.45) is -0.338. The Bertz CT molecular complexity index is 645. The highest BCUT2D eigenvalue weighted by atomic mass is 19.4. The Labute approximate surface area is 119 Å². The summed E-state index contributed by atoms with van der Waals surface area (Å²) in [7, 11) is 0. The van der Waals surface area contributed by atoms with Gasteiger partial charge in [-0.1, -0.05) is 0 Å². The average molecular weight is 297 g/mol. The standard InChI is InChI=1S/C13H14F3N5/c1-2-21-8-9(7-17-21)10-6-11(13(14,15)16)19-12(18-10)20-4-3-5-20/h6-8H,2-5H2,1H3. The Morgan fingerprint density at radius 3 is 2.52 bits per heavy atom. The molecule has 1 fully saturated rings. The molecule has 2 aromatic rings. The lowest BCUT2D eigenvalue weighted by atomic mass is 10.2. The fourth-order valence-electron chi connectivity index (χ4n) is 2.05. The van der Waals surface area contributed by atoms with E-state index >= 15 is 0 Å². The number of rotatable bonds is 3. The quantitative estimate of drug-likeness (QED) is 0.873. The van der Waals surface area contributed by atoms with Crippen LogP contribution in [0.3, 0.4) is 0 Å². The second-order valence-electron chi connectivity index (χ2n) is 4.86. The van der Waals surface area contributed by atoms with E-state index in [-0.39, 0.29) is 11.6 Å². The first kappa shape index (κ1) is 13.8. The molecular formula is C13H14F3N5. The van der Waals surface area contributed by atoms with E-state index in [1.165, 1.54) is 6.20 Å². The molecule has 0 atom stereocenters. The van der Waals surface area contributed by atoms with Crippen molar-refractivity contribution >= 4 is 5.95 Å². The first-order chi connectivity index (χ1) is 9.97. The van der Waals surface area contributed by atoms with Gasteiger partial charge in [0.15, 0.2) is 5.69 Å². The number of anilines is 1. The van der Waals surface area contributed by atoms with E-state index in [0.717, 1.165) is 12.5 Å². The van der Waals surface area contributed by atoms with Gasteiger partial charge in [-0.3, -0.25) is 4.68 Å². The molecule has 2 aromatic heterocycles. The summed E-state index contributed by atoms with van der Waals surface area (Å²) >= 11 is 0. The van der Waals surface area contributed by atoms with Gasteiger partial charge in [0, 0.05) is 31.4 Å². The molecule has 8 heteroatoms. The van der Waals surface area contributed by atoms with Crippen LogP contribution in [0.5, 0.6) is 0 Å². The maximum absolute atomic E-state index is 13.0. The van der Waals surface area contributed by atoms with Crippen LogP contribution in [0.15, 0.2) is 18.5 Å². The minimum Gasteiger partial charge on any atom is -0.341 e. The van der Waals surface area contributed by atoms with E-state index in [0.29, 0.717) is 25.2 Å². The molecule has 1 saturated heterocycles. The molecular weight excluding hydrogens is 283 g/mol. The lowest BCUT2D eigenvalue weighted by molar-refractivity contribution is -0.141. The molecule has 0 radical (unpaired) electrons. The number of aryl methyl sites for hydroxylation is 1. The summed E-state index contributed by atoms with van der Waals surface area (Å²) in [5.74, 6) is 0.135. The molecule has 0 N–H and O–H groups in total. The van der Waals surface area contributed by atoms with E-state index < -0.39 is 11.9 Å². The minimum atomic E-state index is -4.49. The molecule has 0 amide bonds. The Kier molecular flexibility index (Phi) is 3.30. The smallest absolute Gasteiger partial charge is 0.341 e. The average Bonchev–Trinajstić information content (AvgIpc) is 2.84. The van der Waals surface area contributed by atoms with Crippen molar-refractivity contribution in [1.82, 2.24) is 19.7 Å².